The third-order valence-corrected chi connectivity index (χ3v) is 4.80. The molecule has 0 aliphatic carbocycles. The van der Waals surface area contributed by atoms with Crippen LogP contribution in [-0.4, -0.2) is 28.9 Å². The minimum absolute atomic E-state index is 0.102. The van der Waals surface area contributed by atoms with Crippen molar-refractivity contribution in [2.45, 2.75) is 25.3 Å². The Hall–Kier alpha value is -1.66. The molecule has 2 heterocycles. The number of ether oxygens (including phenoxy) is 1. The molecule has 1 fully saturated rings. The molecule has 1 aromatic carbocycles. The van der Waals surface area contributed by atoms with E-state index in [4.69, 9.17) is 4.74 Å². The largest absolute Gasteiger partial charge is 0.381 e. The molecule has 0 saturated carbocycles. The van der Waals surface area contributed by atoms with Crippen LogP contribution in [0.4, 0.5) is 0 Å². The van der Waals surface area contributed by atoms with Gasteiger partial charge in [-0.25, -0.2) is 0 Å². The molecule has 3 rings (SSSR count). The van der Waals surface area contributed by atoms with Gasteiger partial charge < -0.3 is 10.1 Å². The first-order chi connectivity index (χ1) is 11.0. The predicted molar refractivity (Wildman–Crippen MR) is 91.3 cm³/mol. The van der Waals surface area contributed by atoms with E-state index in [0.29, 0.717) is 18.9 Å². The van der Waals surface area contributed by atoms with E-state index >= 15 is 0 Å². The van der Waals surface area contributed by atoms with E-state index in [1.807, 2.05) is 25.1 Å². The van der Waals surface area contributed by atoms with Gasteiger partial charge in [0.25, 0.3) is 5.91 Å². The predicted octanol–water partition coefficient (Wildman–Crippen LogP) is 2.93. The summed E-state index contributed by atoms with van der Waals surface area (Å²) < 4.78 is 8.14. The summed E-state index contributed by atoms with van der Waals surface area (Å²) in [6.45, 7) is 3.16. The molecule has 1 N–H and O–H groups in total. The first-order valence-electron chi connectivity index (χ1n) is 7.67. The van der Waals surface area contributed by atoms with Crippen LogP contribution in [-0.2, 0) is 17.3 Å². The highest BCUT2D eigenvalue weighted by atomic mass is 79.9. The minimum atomic E-state index is -0.405. The lowest BCUT2D eigenvalue weighted by atomic mass is 9.82. The van der Waals surface area contributed by atoms with Gasteiger partial charge in [0.2, 0.25) is 0 Å². The lowest BCUT2D eigenvalue weighted by Crippen LogP contribution is -2.49. The number of carbonyl (C=O) groups is 1. The van der Waals surface area contributed by atoms with Crippen molar-refractivity contribution < 1.29 is 9.53 Å². The van der Waals surface area contributed by atoms with Gasteiger partial charge in [0, 0.05) is 24.7 Å². The van der Waals surface area contributed by atoms with Crippen molar-refractivity contribution >= 4 is 21.8 Å². The van der Waals surface area contributed by atoms with Crippen molar-refractivity contribution in [3.05, 3.63) is 51.8 Å². The van der Waals surface area contributed by atoms with Gasteiger partial charge in [-0.1, -0.05) is 28.1 Å². The molecule has 1 aromatic heterocycles. The number of nitrogens with zero attached hydrogens (tertiary/aromatic N) is 2. The van der Waals surface area contributed by atoms with Crippen molar-refractivity contribution in [3.63, 3.8) is 0 Å². The van der Waals surface area contributed by atoms with Crippen LogP contribution < -0.4 is 5.32 Å². The standard InChI is InChI=1S/C17H20BrN3O2/c1-12-10-15(21(2)20-12)16(22)19-17(6-8-23-9-7-17)13-4-3-5-14(18)11-13/h3-5,10-11H,6-9H2,1-2H3,(H,19,22). The molecule has 1 amide bonds. The maximum absolute atomic E-state index is 12.8. The highest BCUT2D eigenvalue weighted by molar-refractivity contribution is 9.10. The Balaban J connectivity index is 1.93. The van der Waals surface area contributed by atoms with Crippen molar-refractivity contribution in [3.8, 4) is 0 Å². The molecule has 1 aliphatic rings. The monoisotopic (exact) mass is 377 g/mol. The zero-order valence-electron chi connectivity index (χ0n) is 13.3. The number of aryl methyl sites for hydroxylation is 2. The second-order valence-electron chi connectivity index (χ2n) is 5.95. The number of aromatic nitrogens is 2. The molecular weight excluding hydrogens is 358 g/mol. The van der Waals surface area contributed by atoms with Crippen LogP contribution in [0.3, 0.4) is 0 Å². The molecule has 0 unspecified atom stereocenters. The summed E-state index contributed by atoms with van der Waals surface area (Å²) in [5, 5.41) is 7.50. The highest BCUT2D eigenvalue weighted by Crippen LogP contribution is 2.33. The quantitative estimate of drug-likeness (QED) is 0.894. The summed E-state index contributed by atoms with van der Waals surface area (Å²) in [4.78, 5) is 12.8. The topological polar surface area (TPSA) is 56.1 Å². The number of amides is 1. The van der Waals surface area contributed by atoms with Gasteiger partial charge >= 0.3 is 0 Å². The van der Waals surface area contributed by atoms with E-state index in [1.165, 1.54) is 0 Å². The van der Waals surface area contributed by atoms with Gasteiger partial charge in [-0.15, -0.1) is 0 Å². The Bertz CT molecular complexity index is 720. The number of hydrogen-bond donors (Lipinski definition) is 1. The average molecular weight is 378 g/mol. The summed E-state index contributed by atoms with van der Waals surface area (Å²) in [6, 6.07) is 9.92. The van der Waals surface area contributed by atoms with E-state index in [-0.39, 0.29) is 5.91 Å². The van der Waals surface area contributed by atoms with Gasteiger partial charge in [0.1, 0.15) is 5.69 Å². The van der Waals surface area contributed by atoms with E-state index in [1.54, 1.807) is 11.7 Å². The SMILES string of the molecule is Cc1cc(C(=O)NC2(c3cccc(Br)c3)CCOCC2)n(C)n1. The number of hydrogen-bond acceptors (Lipinski definition) is 3. The number of nitrogens with one attached hydrogen (secondary N) is 1. The fraction of sp³-hybridized carbons (Fsp3) is 0.412. The van der Waals surface area contributed by atoms with Crippen LogP contribution in [0.1, 0.15) is 34.6 Å². The van der Waals surface area contributed by atoms with Gasteiger partial charge in [0.05, 0.1) is 11.2 Å². The third kappa shape index (κ3) is 3.33. The van der Waals surface area contributed by atoms with Crippen LogP contribution in [0.5, 0.6) is 0 Å². The van der Waals surface area contributed by atoms with Crippen molar-refractivity contribution in [2.75, 3.05) is 13.2 Å². The Morgan fingerprint density at radius 2 is 2.09 bits per heavy atom. The summed E-state index contributed by atoms with van der Waals surface area (Å²) in [6.07, 6.45) is 1.51. The summed E-state index contributed by atoms with van der Waals surface area (Å²) in [5.74, 6) is -0.102. The lowest BCUT2D eigenvalue weighted by molar-refractivity contribution is 0.0342. The van der Waals surface area contributed by atoms with Gasteiger partial charge in [-0.3, -0.25) is 9.48 Å². The number of halogens is 1. The smallest absolute Gasteiger partial charge is 0.270 e. The van der Waals surface area contributed by atoms with Crippen LogP contribution >= 0.6 is 15.9 Å². The average Bonchev–Trinajstić information content (AvgIpc) is 2.87. The molecule has 1 aliphatic heterocycles. The molecule has 0 spiro atoms. The van der Waals surface area contributed by atoms with E-state index in [0.717, 1.165) is 28.6 Å². The van der Waals surface area contributed by atoms with Crippen molar-refractivity contribution in [1.29, 1.82) is 0 Å². The Morgan fingerprint density at radius 1 is 1.35 bits per heavy atom. The second-order valence-corrected chi connectivity index (χ2v) is 6.87. The zero-order valence-corrected chi connectivity index (χ0v) is 14.9. The van der Waals surface area contributed by atoms with E-state index in [2.05, 4.69) is 38.5 Å². The number of rotatable bonds is 3. The Labute approximate surface area is 144 Å². The molecule has 5 nitrogen and oxygen atoms in total. The van der Waals surface area contributed by atoms with Crippen molar-refractivity contribution in [1.82, 2.24) is 15.1 Å². The van der Waals surface area contributed by atoms with Crippen LogP contribution in [0.25, 0.3) is 0 Å². The minimum Gasteiger partial charge on any atom is -0.381 e. The summed E-state index contributed by atoms with van der Waals surface area (Å²) >= 11 is 3.52. The molecule has 2 aromatic rings. The maximum Gasteiger partial charge on any atom is 0.270 e. The molecule has 1 saturated heterocycles. The number of benzene rings is 1. The molecular formula is C17H20BrN3O2. The highest BCUT2D eigenvalue weighted by Gasteiger charge is 2.36. The first-order valence-corrected chi connectivity index (χ1v) is 8.46. The van der Waals surface area contributed by atoms with Crippen LogP contribution in [0.15, 0.2) is 34.8 Å². The van der Waals surface area contributed by atoms with Gasteiger partial charge in [0.15, 0.2) is 0 Å². The third-order valence-electron chi connectivity index (χ3n) is 4.31. The molecule has 0 bridgehead atoms. The second kappa shape index (κ2) is 6.45. The first kappa shape index (κ1) is 16.2. The molecule has 6 heteroatoms. The maximum atomic E-state index is 12.8. The normalized spacial score (nSPS) is 17.0. The summed E-state index contributed by atoms with van der Waals surface area (Å²) in [7, 11) is 1.79. The molecule has 0 atom stereocenters. The number of carbonyl (C=O) groups excluding carboxylic acids is 1. The fourth-order valence-electron chi connectivity index (χ4n) is 3.10. The van der Waals surface area contributed by atoms with Gasteiger partial charge in [-0.2, -0.15) is 5.10 Å². The Kier molecular flexibility index (Phi) is 4.55. The molecule has 122 valence electrons. The lowest BCUT2D eigenvalue weighted by Gasteiger charge is -2.38. The van der Waals surface area contributed by atoms with E-state index < -0.39 is 5.54 Å². The molecule has 0 radical (unpaired) electrons. The van der Waals surface area contributed by atoms with E-state index in [9.17, 15) is 4.79 Å². The zero-order chi connectivity index (χ0) is 16.4. The van der Waals surface area contributed by atoms with Crippen LogP contribution in [0.2, 0.25) is 0 Å². The Morgan fingerprint density at radius 3 is 2.70 bits per heavy atom. The van der Waals surface area contributed by atoms with Crippen molar-refractivity contribution in [2.24, 2.45) is 7.05 Å². The van der Waals surface area contributed by atoms with Gasteiger partial charge in [-0.05, 0) is 43.5 Å². The molecule has 23 heavy (non-hydrogen) atoms. The van der Waals surface area contributed by atoms with Crippen LogP contribution in [0, 0.1) is 6.92 Å². The fourth-order valence-corrected chi connectivity index (χ4v) is 3.50. The summed E-state index contributed by atoms with van der Waals surface area (Å²) in [5.41, 5.74) is 2.10.